The molecule has 0 bridgehead atoms. The summed E-state index contributed by atoms with van der Waals surface area (Å²) in [5.74, 6) is 0.916. The molecule has 2 aromatic heterocycles. The Bertz CT molecular complexity index is 936. The number of hydrogen-bond acceptors (Lipinski definition) is 7. The summed E-state index contributed by atoms with van der Waals surface area (Å²) in [5.41, 5.74) is 1.55. The predicted molar refractivity (Wildman–Crippen MR) is 111 cm³/mol. The largest absolute Gasteiger partial charge is 0.452 e. The highest BCUT2D eigenvalue weighted by Gasteiger charge is 2.28. The molecule has 2 aromatic rings. The number of nitrogens with zero attached hydrogens (tertiary/aromatic N) is 4. The highest BCUT2D eigenvalue weighted by Crippen LogP contribution is 2.38. The fourth-order valence-electron chi connectivity index (χ4n) is 3.10. The summed E-state index contributed by atoms with van der Waals surface area (Å²) in [7, 11) is 0. The van der Waals surface area contributed by atoms with Crippen LogP contribution in [-0.2, 0) is 21.7 Å². The Morgan fingerprint density at radius 1 is 1.17 bits per heavy atom. The minimum Gasteiger partial charge on any atom is -0.452 e. The molecule has 0 spiro atoms. The number of amides is 1. The molecule has 0 N–H and O–H groups in total. The average Bonchev–Trinajstić information content (AvgIpc) is 3.39. The topological polar surface area (TPSA) is 99.1 Å². The number of ether oxygens (including phenoxy) is 1. The van der Waals surface area contributed by atoms with Crippen molar-refractivity contribution in [3.05, 3.63) is 40.5 Å². The maximum absolute atomic E-state index is 12.9. The Morgan fingerprint density at radius 3 is 2.52 bits per heavy atom. The third-order valence-electron chi connectivity index (χ3n) is 4.51. The lowest BCUT2D eigenvalue weighted by molar-refractivity contribution is -0.134. The van der Waals surface area contributed by atoms with Gasteiger partial charge in [-0.1, -0.05) is 0 Å². The normalized spacial score (nSPS) is 12.5. The summed E-state index contributed by atoms with van der Waals surface area (Å²) in [5, 5.41) is 18.3. The second-order valence-electron chi connectivity index (χ2n) is 6.35. The van der Waals surface area contributed by atoms with E-state index in [1.165, 1.54) is 9.78 Å². The molecule has 0 aromatic carbocycles. The van der Waals surface area contributed by atoms with Crippen LogP contribution in [0.2, 0.25) is 0 Å². The number of fused-ring (bicyclic) bond motifs is 1. The summed E-state index contributed by atoms with van der Waals surface area (Å²) in [6.45, 7) is 0.0304. The molecular formula is C20H20N4O3S2. The molecule has 0 aliphatic carbocycles. The SMILES string of the molecule is N#CCCN(CCC#N)C(=O)COC(=O)c1c(-n2cccc2)sc2c1CCSC2. The van der Waals surface area contributed by atoms with Crippen molar-refractivity contribution in [3.63, 3.8) is 0 Å². The Balaban J connectivity index is 1.75. The Hall–Kier alpha value is -2.75. The van der Waals surface area contributed by atoms with E-state index in [1.807, 2.05) is 53.0 Å². The van der Waals surface area contributed by atoms with Crippen LogP contribution >= 0.6 is 23.1 Å². The van der Waals surface area contributed by atoms with Crippen LogP contribution in [0.3, 0.4) is 0 Å². The first-order chi connectivity index (χ1) is 14.2. The van der Waals surface area contributed by atoms with Crippen LogP contribution in [0.5, 0.6) is 0 Å². The van der Waals surface area contributed by atoms with Gasteiger partial charge in [-0.05, 0) is 29.9 Å². The molecule has 1 aliphatic heterocycles. The second kappa shape index (κ2) is 10.1. The zero-order valence-corrected chi connectivity index (χ0v) is 17.4. The molecular weight excluding hydrogens is 408 g/mol. The lowest BCUT2D eigenvalue weighted by atomic mass is 10.1. The van der Waals surface area contributed by atoms with Crippen molar-refractivity contribution in [3.8, 4) is 17.1 Å². The molecule has 0 saturated heterocycles. The number of carbonyl (C=O) groups excluding carboxylic acids is 2. The van der Waals surface area contributed by atoms with Gasteiger partial charge in [0.1, 0.15) is 5.00 Å². The molecule has 1 aliphatic rings. The highest BCUT2D eigenvalue weighted by atomic mass is 32.2. The smallest absolute Gasteiger partial charge is 0.341 e. The molecule has 9 heteroatoms. The van der Waals surface area contributed by atoms with E-state index in [1.54, 1.807) is 11.3 Å². The van der Waals surface area contributed by atoms with Gasteiger partial charge < -0.3 is 14.2 Å². The summed E-state index contributed by atoms with van der Waals surface area (Å²) in [6, 6.07) is 7.77. The molecule has 1 amide bonds. The first kappa shape index (κ1) is 21.0. The fourth-order valence-corrected chi connectivity index (χ4v) is 5.54. The number of nitriles is 2. The molecule has 29 heavy (non-hydrogen) atoms. The Labute approximate surface area is 177 Å². The number of esters is 1. The molecule has 3 heterocycles. The molecule has 0 atom stereocenters. The Morgan fingerprint density at radius 2 is 1.86 bits per heavy atom. The predicted octanol–water partition coefficient (Wildman–Crippen LogP) is 3.14. The van der Waals surface area contributed by atoms with E-state index in [0.29, 0.717) is 5.56 Å². The van der Waals surface area contributed by atoms with Crippen LogP contribution in [-0.4, -0.2) is 46.8 Å². The maximum Gasteiger partial charge on any atom is 0.341 e. The van der Waals surface area contributed by atoms with E-state index in [9.17, 15) is 9.59 Å². The first-order valence-corrected chi connectivity index (χ1v) is 11.2. The number of rotatable bonds is 8. The average molecular weight is 429 g/mol. The van der Waals surface area contributed by atoms with Gasteiger partial charge >= 0.3 is 5.97 Å². The van der Waals surface area contributed by atoms with Crippen LogP contribution in [0.15, 0.2) is 24.5 Å². The van der Waals surface area contributed by atoms with Gasteiger partial charge in [-0.15, -0.1) is 11.3 Å². The molecule has 0 saturated carbocycles. The zero-order valence-electron chi connectivity index (χ0n) is 15.8. The van der Waals surface area contributed by atoms with Crippen molar-refractivity contribution >= 4 is 35.0 Å². The lowest BCUT2D eigenvalue weighted by Crippen LogP contribution is -2.36. The molecule has 150 valence electrons. The van der Waals surface area contributed by atoms with Gasteiger partial charge in [0, 0.05) is 36.1 Å². The van der Waals surface area contributed by atoms with Gasteiger partial charge in [-0.2, -0.15) is 22.3 Å². The van der Waals surface area contributed by atoms with Crippen molar-refractivity contribution < 1.29 is 14.3 Å². The standard InChI is InChI=1S/C20H20N4O3S2/c21-6-3-10-23(11-4-7-22)17(25)13-27-20(26)18-15-5-12-28-14-16(15)29-19(18)24-8-1-2-9-24/h1-2,8-9H,3-5,10-14H2. The maximum atomic E-state index is 12.9. The van der Waals surface area contributed by atoms with E-state index < -0.39 is 18.5 Å². The van der Waals surface area contributed by atoms with Gasteiger partial charge in [-0.25, -0.2) is 4.79 Å². The quantitative estimate of drug-likeness (QED) is 0.599. The molecule has 7 nitrogen and oxygen atoms in total. The lowest BCUT2D eigenvalue weighted by Gasteiger charge is -2.20. The van der Waals surface area contributed by atoms with Gasteiger partial charge in [0.2, 0.25) is 0 Å². The van der Waals surface area contributed by atoms with Gasteiger partial charge in [-0.3, -0.25) is 4.79 Å². The molecule has 3 rings (SSSR count). The number of hydrogen-bond donors (Lipinski definition) is 0. The van der Waals surface area contributed by atoms with Crippen molar-refractivity contribution in [2.45, 2.75) is 25.0 Å². The fraction of sp³-hybridized carbons (Fsp3) is 0.400. The van der Waals surface area contributed by atoms with E-state index in [-0.39, 0.29) is 25.9 Å². The zero-order chi connectivity index (χ0) is 20.6. The summed E-state index contributed by atoms with van der Waals surface area (Å²) < 4.78 is 7.29. The van der Waals surface area contributed by atoms with Crippen LogP contribution in [0.1, 0.15) is 33.6 Å². The van der Waals surface area contributed by atoms with Crippen molar-refractivity contribution in [1.29, 1.82) is 10.5 Å². The first-order valence-electron chi connectivity index (χ1n) is 9.20. The van der Waals surface area contributed by atoms with Gasteiger partial charge in [0.05, 0.1) is 30.5 Å². The minimum atomic E-state index is -0.507. The monoisotopic (exact) mass is 428 g/mol. The summed E-state index contributed by atoms with van der Waals surface area (Å²) in [4.78, 5) is 28.0. The van der Waals surface area contributed by atoms with Crippen LogP contribution in [0.4, 0.5) is 0 Å². The summed E-state index contributed by atoms with van der Waals surface area (Å²) in [6.07, 6.45) is 4.90. The second-order valence-corrected chi connectivity index (χ2v) is 8.54. The number of aromatic nitrogens is 1. The minimum absolute atomic E-state index is 0.165. The van der Waals surface area contributed by atoms with Crippen molar-refractivity contribution in [1.82, 2.24) is 9.47 Å². The highest BCUT2D eigenvalue weighted by molar-refractivity contribution is 7.98. The van der Waals surface area contributed by atoms with Crippen LogP contribution in [0, 0.1) is 22.7 Å². The van der Waals surface area contributed by atoms with Gasteiger partial charge in [0.15, 0.2) is 6.61 Å². The number of thioether (sulfide) groups is 1. The van der Waals surface area contributed by atoms with Crippen molar-refractivity contribution in [2.75, 3.05) is 25.4 Å². The third-order valence-corrected chi connectivity index (χ3v) is 6.92. The van der Waals surface area contributed by atoms with Gasteiger partial charge in [0.25, 0.3) is 5.91 Å². The molecule has 0 fully saturated rings. The molecule has 0 radical (unpaired) electrons. The van der Waals surface area contributed by atoms with E-state index in [0.717, 1.165) is 28.5 Å². The number of thiophene rings is 1. The number of carbonyl (C=O) groups is 2. The molecule has 0 unspecified atom stereocenters. The van der Waals surface area contributed by atoms with Crippen LogP contribution in [0.25, 0.3) is 5.00 Å². The third kappa shape index (κ3) is 5.00. The Kier molecular flexibility index (Phi) is 7.34. The van der Waals surface area contributed by atoms with Crippen LogP contribution < -0.4 is 0 Å². The van der Waals surface area contributed by atoms with Crippen molar-refractivity contribution in [2.24, 2.45) is 0 Å². The van der Waals surface area contributed by atoms with E-state index in [4.69, 9.17) is 15.3 Å². The van der Waals surface area contributed by atoms with E-state index >= 15 is 0 Å². The van der Waals surface area contributed by atoms with E-state index in [2.05, 4.69) is 0 Å². The summed E-state index contributed by atoms with van der Waals surface area (Å²) >= 11 is 3.43.